The van der Waals surface area contributed by atoms with Crippen molar-refractivity contribution < 1.29 is 22.7 Å². The van der Waals surface area contributed by atoms with Gasteiger partial charge in [-0.15, -0.1) is 0 Å². The van der Waals surface area contributed by atoms with Crippen molar-refractivity contribution >= 4 is 21.6 Å². The number of hydrogen-bond acceptors (Lipinski definition) is 5. The third-order valence-electron chi connectivity index (χ3n) is 3.70. The summed E-state index contributed by atoms with van der Waals surface area (Å²) in [5.74, 6) is 1.20. The maximum Gasteiger partial charge on any atom is 0.231 e. The number of nitrogens with zero attached hydrogens (tertiary/aromatic N) is 1. The molecule has 2 aliphatic heterocycles. The molecule has 1 saturated heterocycles. The van der Waals surface area contributed by atoms with Gasteiger partial charge in [0.2, 0.25) is 22.7 Å². The summed E-state index contributed by atoms with van der Waals surface area (Å²) in [7, 11) is -3.18. The summed E-state index contributed by atoms with van der Waals surface area (Å²) < 4.78 is 35.5. The molecule has 0 aliphatic carbocycles. The van der Waals surface area contributed by atoms with Gasteiger partial charge in [0.1, 0.15) is 0 Å². The largest absolute Gasteiger partial charge is 0.454 e. The van der Waals surface area contributed by atoms with Crippen molar-refractivity contribution in [1.82, 2.24) is 4.31 Å². The third kappa shape index (κ3) is 3.33. The van der Waals surface area contributed by atoms with Gasteiger partial charge in [0, 0.05) is 31.3 Å². The van der Waals surface area contributed by atoms with Gasteiger partial charge in [-0.2, -0.15) is 0 Å². The molecule has 7 nitrogen and oxygen atoms in total. The number of amides is 1. The Morgan fingerprint density at radius 1 is 1.23 bits per heavy atom. The molecule has 8 heteroatoms. The van der Waals surface area contributed by atoms with E-state index in [9.17, 15) is 13.2 Å². The summed E-state index contributed by atoms with van der Waals surface area (Å²) in [6, 6.07) is 5.15. The Balaban J connectivity index is 1.54. The molecular weight excluding hydrogens is 308 g/mol. The van der Waals surface area contributed by atoms with E-state index >= 15 is 0 Å². The molecule has 3 rings (SSSR count). The molecule has 2 heterocycles. The maximum absolute atomic E-state index is 12.0. The molecule has 120 valence electrons. The third-order valence-corrected chi connectivity index (χ3v) is 5.65. The lowest BCUT2D eigenvalue weighted by Crippen LogP contribution is -2.39. The van der Waals surface area contributed by atoms with E-state index in [1.54, 1.807) is 18.2 Å². The van der Waals surface area contributed by atoms with Gasteiger partial charge in [-0.3, -0.25) is 4.79 Å². The van der Waals surface area contributed by atoms with Gasteiger partial charge in [-0.05, 0) is 25.0 Å². The lowest BCUT2D eigenvalue weighted by atomic mass is 10.2. The van der Waals surface area contributed by atoms with Crippen LogP contribution in [0.25, 0.3) is 0 Å². The Bertz CT molecular complexity index is 674. The highest BCUT2D eigenvalue weighted by atomic mass is 32.2. The van der Waals surface area contributed by atoms with Gasteiger partial charge in [0.15, 0.2) is 11.5 Å². The second-order valence-electron chi connectivity index (χ2n) is 5.29. The number of hydrogen-bond donors (Lipinski definition) is 1. The summed E-state index contributed by atoms with van der Waals surface area (Å²) in [6.07, 6.45) is 1.68. The van der Waals surface area contributed by atoms with Crippen molar-refractivity contribution in [3.63, 3.8) is 0 Å². The molecule has 22 heavy (non-hydrogen) atoms. The van der Waals surface area contributed by atoms with Crippen LogP contribution < -0.4 is 14.8 Å². The van der Waals surface area contributed by atoms with E-state index in [-0.39, 0.29) is 31.4 Å². The predicted octanol–water partition coefficient (Wildman–Crippen LogP) is 1.17. The number of ether oxygens (including phenoxy) is 2. The number of benzene rings is 1. The van der Waals surface area contributed by atoms with Crippen molar-refractivity contribution in [2.75, 3.05) is 31.0 Å². The van der Waals surface area contributed by atoms with Gasteiger partial charge < -0.3 is 14.8 Å². The predicted molar refractivity (Wildman–Crippen MR) is 80.4 cm³/mol. The first kappa shape index (κ1) is 15.1. The minimum Gasteiger partial charge on any atom is -0.454 e. The van der Waals surface area contributed by atoms with Crippen LogP contribution in [-0.4, -0.2) is 44.3 Å². The quantitative estimate of drug-likeness (QED) is 0.898. The molecule has 0 radical (unpaired) electrons. The number of carbonyl (C=O) groups excluding carboxylic acids is 1. The number of rotatable bonds is 4. The molecule has 0 saturated carbocycles. The van der Waals surface area contributed by atoms with Crippen LogP contribution in [0, 0.1) is 0 Å². The minimum atomic E-state index is -3.18. The average molecular weight is 326 g/mol. The SMILES string of the molecule is O=C(CCN1CCCCS1(=O)=O)Nc1ccc2c(c1)OCO2. The van der Waals surface area contributed by atoms with Crippen LogP contribution in [0.3, 0.4) is 0 Å². The topological polar surface area (TPSA) is 84.9 Å². The molecule has 1 N–H and O–H groups in total. The molecule has 0 spiro atoms. The van der Waals surface area contributed by atoms with Crippen LogP contribution in [0.15, 0.2) is 18.2 Å². The Kier molecular flexibility index (Phi) is 4.21. The number of sulfonamides is 1. The molecule has 1 fully saturated rings. The summed E-state index contributed by atoms with van der Waals surface area (Å²) in [5.41, 5.74) is 0.607. The Morgan fingerprint density at radius 2 is 2.05 bits per heavy atom. The molecule has 0 unspecified atom stereocenters. The van der Waals surface area contributed by atoms with Crippen molar-refractivity contribution in [3.8, 4) is 11.5 Å². The first-order valence-corrected chi connectivity index (χ1v) is 8.83. The van der Waals surface area contributed by atoms with Crippen molar-refractivity contribution in [3.05, 3.63) is 18.2 Å². The highest BCUT2D eigenvalue weighted by molar-refractivity contribution is 7.89. The molecule has 1 amide bonds. The van der Waals surface area contributed by atoms with E-state index in [1.165, 1.54) is 4.31 Å². The number of carbonyl (C=O) groups is 1. The van der Waals surface area contributed by atoms with E-state index in [2.05, 4.69) is 5.32 Å². The standard InChI is InChI=1S/C14H18N2O5S/c17-14(5-7-16-6-1-2-8-22(16,18)19)15-11-3-4-12-13(9-11)21-10-20-12/h3-4,9H,1-2,5-8,10H2,(H,15,17). The molecule has 0 bridgehead atoms. The van der Waals surface area contributed by atoms with Crippen LogP contribution >= 0.6 is 0 Å². The average Bonchev–Trinajstić information content (AvgIpc) is 2.93. The van der Waals surface area contributed by atoms with E-state index in [0.29, 0.717) is 30.2 Å². The fourth-order valence-corrected chi connectivity index (χ4v) is 4.12. The second kappa shape index (κ2) is 6.13. The maximum atomic E-state index is 12.0. The van der Waals surface area contributed by atoms with Crippen LogP contribution in [0.1, 0.15) is 19.3 Å². The van der Waals surface area contributed by atoms with Gasteiger partial charge >= 0.3 is 0 Å². The first-order chi connectivity index (χ1) is 10.5. The fourth-order valence-electron chi connectivity index (χ4n) is 2.52. The number of fused-ring (bicyclic) bond motifs is 1. The molecular formula is C14H18N2O5S. The van der Waals surface area contributed by atoms with E-state index in [0.717, 1.165) is 6.42 Å². The zero-order chi connectivity index (χ0) is 15.6. The highest BCUT2D eigenvalue weighted by Crippen LogP contribution is 2.34. The molecule has 1 aromatic rings. The first-order valence-electron chi connectivity index (χ1n) is 7.22. The monoisotopic (exact) mass is 326 g/mol. The van der Waals surface area contributed by atoms with Gasteiger partial charge in [-0.1, -0.05) is 0 Å². The van der Waals surface area contributed by atoms with Crippen LogP contribution in [0.4, 0.5) is 5.69 Å². The summed E-state index contributed by atoms with van der Waals surface area (Å²) in [5, 5.41) is 2.74. The summed E-state index contributed by atoms with van der Waals surface area (Å²) in [4.78, 5) is 12.0. The lowest BCUT2D eigenvalue weighted by Gasteiger charge is -2.25. The van der Waals surface area contributed by atoms with Crippen molar-refractivity contribution in [2.24, 2.45) is 0 Å². The van der Waals surface area contributed by atoms with E-state index in [4.69, 9.17) is 9.47 Å². The summed E-state index contributed by atoms with van der Waals surface area (Å²) in [6.45, 7) is 0.901. The van der Waals surface area contributed by atoms with E-state index in [1.807, 2.05) is 0 Å². The van der Waals surface area contributed by atoms with Crippen LogP contribution in [0.5, 0.6) is 11.5 Å². The van der Waals surface area contributed by atoms with Gasteiger partial charge in [-0.25, -0.2) is 12.7 Å². The van der Waals surface area contributed by atoms with Gasteiger partial charge in [0.05, 0.1) is 5.75 Å². The Hall–Kier alpha value is -1.80. The second-order valence-corrected chi connectivity index (χ2v) is 7.38. The van der Waals surface area contributed by atoms with E-state index < -0.39 is 10.0 Å². The number of anilines is 1. The molecule has 0 aromatic heterocycles. The molecule has 2 aliphatic rings. The van der Waals surface area contributed by atoms with Crippen molar-refractivity contribution in [1.29, 1.82) is 0 Å². The highest BCUT2D eigenvalue weighted by Gasteiger charge is 2.25. The van der Waals surface area contributed by atoms with Crippen LogP contribution in [-0.2, 0) is 14.8 Å². The summed E-state index contributed by atoms with van der Waals surface area (Å²) >= 11 is 0. The van der Waals surface area contributed by atoms with Crippen LogP contribution in [0.2, 0.25) is 0 Å². The normalized spacial score (nSPS) is 19.8. The minimum absolute atomic E-state index is 0.133. The zero-order valence-corrected chi connectivity index (χ0v) is 12.9. The number of nitrogens with one attached hydrogen (secondary N) is 1. The molecule has 0 atom stereocenters. The van der Waals surface area contributed by atoms with Crippen molar-refractivity contribution in [2.45, 2.75) is 19.3 Å². The lowest BCUT2D eigenvalue weighted by molar-refractivity contribution is -0.116. The zero-order valence-electron chi connectivity index (χ0n) is 12.1. The fraction of sp³-hybridized carbons (Fsp3) is 0.500. The Labute approximate surface area is 129 Å². The smallest absolute Gasteiger partial charge is 0.231 e. The molecule has 1 aromatic carbocycles. The Morgan fingerprint density at radius 3 is 2.86 bits per heavy atom. The van der Waals surface area contributed by atoms with Gasteiger partial charge in [0.25, 0.3) is 0 Å².